The molecule has 0 radical (unpaired) electrons. The molecule has 0 heterocycles. The van der Waals surface area contributed by atoms with Gasteiger partial charge in [-0.1, -0.05) is 26.0 Å². The van der Waals surface area contributed by atoms with Gasteiger partial charge in [-0.15, -0.1) is 0 Å². The maximum atomic E-state index is 5.83. The Hall–Kier alpha value is -1.06. The van der Waals surface area contributed by atoms with E-state index < -0.39 is 0 Å². The van der Waals surface area contributed by atoms with Crippen LogP contribution >= 0.6 is 0 Å². The largest absolute Gasteiger partial charge is 0.497 e. The molecule has 0 aromatic heterocycles. The fourth-order valence-corrected chi connectivity index (χ4v) is 1.76. The van der Waals surface area contributed by atoms with Crippen LogP contribution in [0.4, 0.5) is 0 Å². The summed E-state index contributed by atoms with van der Waals surface area (Å²) in [5.41, 5.74) is 1.21. The van der Waals surface area contributed by atoms with Crippen LogP contribution in [0.3, 0.4) is 0 Å². The second kappa shape index (κ2) is 8.11. The van der Waals surface area contributed by atoms with E-state index in [9.17, 15) is 0 Å². The molecule has 0 aliphatic rings. The van der Waals surface area contributed by atoms with Crippen molar-refractivity contribution in [2.45, 2.75) is 39.3 Å². The fraction of sp³-hybridized carbons (Fsp3) is 0.600. The molecule has 0 fully saturated rings. The molecule has 102 valence electrons. The van der Waals surface area contributed by atoms with Crippen LogP contribution in [0.25, 0.3) is 0 Å². The van der Waals surface area contributed by atoms with Crippen molar-refractivity contribution in [3.63, 3.8) is 0 Å². The lowest BCUT2D eigenvalue weighted by Gasteiger charge is -2.21. The molecule has 0 saturated carbocycles. The molecule has 1 N–H and O–H groups in total. The number of nitrogens with one attached hydrogen (secondary N) is 1. The van der Waals surface area contributed by atoms with E-state index >= 15 is 0 Å². The third-order valence-corrected chi connectivity index (χ3v) is 3.07. The Balaban J connectivity index is 2.69. The summed E-state index contributed by atoms with van der Waals surface area (Å²) in [6, 6.07) is 8.37. The molecule has 3 nitrogen and oxygen atoms in total. The van der Waals surface area contributed by atoms with Crippen LogP contribution in [0.2, 0.25) is 0 Å². The van der Waals surface area contributed by atoms with Crippen LogP contribution < -0.4 is 10.1 Å². The van der Waals surface area contributed by atoms with Crippen LogP contribution in [0.5, 0.6) is 5.75 Å². The topological polar surface area (TPSA) is 30.5 Å². The zero-order chi connectivity index (χ0) is 13.4. The highest BCUT2D eigenvalue weighted by Crippen LogP contribution is 2.20. The van der Waals surface area contributed by atoms with Gasteiger partial charge in [-0.05, 0) is 37.6 Å². The normalized spacial score (nSPS) is 14.2. The molecule has 1 aromatic carbocycles. The van der Waals surface area contributed by atoms with Crippen LogP contribution in [0.15, 0.2) is 24.3 Å². The van der Waals surface area contributed by atoms with E-state index in [2.05, 4.69) is 38.2 Å². The van der Waals surface area contributed by atoms with Gasteiger partial charge < -0.3 is 14.8 Å². The lowest BCUT2D eigenvalue weighted by molar-refractivity contribution is 0.0476. The van der Waals surface area contributed by atoms with Crippen molar-refractivity contribution in [2.24, 2.45) is 0 Å². The number of hydrogen-bond acceptors (Lipinski definition) is 3. The van der Waals surface area contributed by atoms with Crippen molar-refractivity contribution < 1.29 is 9.47 Å². The Bertz CT molecular complexity index is 341. The number of hydrogen-bond donors (Lipinski definition) is 1. The molecule has 0 saturated heterocycles. The van der Waals surface area contributed by atoms with Gasteiger partial charge in [0.05, 0.1) is 25.9 Å². The van der Waals surface area contributed by atoms with Crippen LogP contribution in [-0.2, 0) is 4.74 Å². The monoisotopic (exact) mass is 251 g/mol. The molecule has 1 rings (SSSR count). The lowest BCUT2D eigenvalue weighted by atomic mass is 10.1. The Morgan fingerprint density at radius 1 is 1.28 bits per heavy atom. The number of ether oxygens (including phenoxy) is 2. The van der Waals surface area contributed by atoms with Crippen LogP contribution in [0, 0.1) is 0 Å². The second-order valence-electron chi connectivity index (χ2n) is 4.44. The van der Waals surface area contributed by atoms with E-state index in [0.29, 0.717) is 12.7 Å². The first-order chi connectivity index (χ1) is 8.71. The Morgan fingerprint density at radius 3 is 2.67 bits per heavy atom. The van der Waals surface area contributed by atoms with Gasteiger partial charge in [-0.25, -0.2) is 0 Å². The molecule has 18 heavy (non-hydrogen) atoms. The number of methoxy groups -OCH3 is 1. The third-order valence-electron chi connectivity index (χ3n) is 3.07. The molecule has 0 bridgehead atoms. The highest BCUT2D eigenvalue weighted by atomic mass is 16.5. The van der Waals surface area contributed by atoms with Crippen molar-refractivity contribution in [2.75, 3.05) is 20.3 Å². The first kappa shape index (κ1) is 15.0. The highest BCUT2D eigenvalue weighted by molar-refractivity contribution is 5.30. The quantitative estimate of drug-likeness (QED) is 0.770. The van der Waals surface area contributed by atoms with Gasteiger partial charge in [0.15, 0.2) is 0 Å². The van der Waals surface area contributed by atoms with Gasteiger partial charge in [0.25, 0.3) is 0 Å². The summed E-state index contributed by atoms with van der Waals surface area (Å²) in [4.78, 5) is 0. The van der Waals surface area contributed by atoms with E-state index in [1.165, 1.54) is 5.56 Å². The number of benzene rings is 1. The molecule has 0 aliphatic carbocycles. The maximum Gasteiger partial charge on any atom is 0.119 e. The summed E-state index contributed by atoms with van der Waals surface area (Å²) in [5, 5.41) is 3.45. The molecular weight excluding hydrogens is 226 g/mol. The van der Waals surface area contributed by atoms with E-state index in [-0.39, 0.29) is 6.04 Å². The molecule has 3 heteroatoms. The second-order valence-corrected chi connectivity index (χ2v) is 4.44. The molecular formula is C15H25NO2. The van der Waals surface area contributed by atoms with Gasteiger partial charge in [0.2, 0.25) is 0 Å². The van der Waals surface area contributed by atoms with Crippen molar-refractivity contribution in [3.05, 3.63) is 29.8 Å². The Labute approximate surface area is 110 Å². The van der Waals surface area contributed by atoms with E-state index in [0.717, 1.165) is 18.7 Å². The van der Waals surface area contributed by atoms with Crippen LogP contribution in [0.1, 0.15) is 38.8 Å². The van der Waals surface area contributed by atoms with Crippen molar-refractivity contribution in [1.29, 1.82) is 0 Å². The lowest BCUT2D eigenvalue weighted by Crippen LogP contribution is -2.27. The van der Waals surface area contributed by atoms with Gasteiger partial charge in [-0.2, -0.15) is 0 Å². The summed E-state index contributed by atoms with van der Waals surface area (Å²) < 4.78 is 11.1. The summed E-state index contributed by atoms with van der Waals surface area (Å²) in [6.07, 6.45) is 1.34. The first-order valence-corrected chi connectivity index (χ1v) is 6.70. The number of rotatable bonds is 8. The summed E-state index contributed by atoms with van der Waals surface area (Å²) in [7, 11) is 1.69. The van der Waals surface area contributed by atoms with E-state index in [4.69, 9.17) is 9.47 Å². The van der Waals surface area contributed by atoms with Crippen molar-refractivity contribution >= 4 is 0 Å². The van der Waals surface area contributed by atoms with E-state index in [1.807, 2.05) is 12.1 Å². The third kappa shape index (κ3) is 4.67. The zero-order valence-corrected chi connectivity index (χ0v) is 11.9. The number of likely N-dealkylation sites (N-methyl/N-ethyl adjacent to an activating group) is 1. The van der Waals surface area contributed by atoms with Gasteiger partial charge >= 0.3 is 0 Å². The molecule has 2 unspecified atom stereocenters. The smallest absolute Gasteiger partial charge is 0.119 e. The molecule has 0 aliphatic heterocycles. The average molecular weight is 251 g/mol. The minimum Gasteiger partial charge on any atom is -0.497 e. The van der Waals surface area contributed by atoms with Crippen LogP contribution in [-0.4, -0.2) is 26.4 Å². The minimum absolute atomic E-state index is 0.221. The van der Waals surface area contributed by atoms with Gasteiger partial charge in [0, 0.05) is 0 Å². The molecule has 2 atom stereocenters. The predicted octanol–water partition coefficient (Wildman–Crippen LogP) is 3.16. The van der Waals surface area contributed by atoms with Crippen molar-refractivity contribution in [3.8, 4) is 5.75 Å². The van der Waals surface area contributed by atoms with E-state index in [1.54, 1.807) is 7.11 Å². The van der Waals surface area contributed by atoms with Crippen molar-refractivity contribution in [1.82, 2.24) is 5.32 Å². The SMILES string of the molecule is CCNC(COC(C)CC)c1cccc(OC)c1. The summed E-state index contributed by atoms with van der Waals surface area (Å²) in [5.74, 6) is 0.888. The molecule has 0 spiro atoms. The first-order valence-electron chi connectivity index (χ1n) is 6.70. The molecule has 0 amide bonds. The van der Waals surface area contributed by atoms with Gasteiger partial charge in [0.1, 0.15) is 5.75 Å². The van der Waals surface area contributed by atoms with Gasteiger partial charge in [-0.3, -0.25) is 0 Å². The maximum absolute atomic E-state index is 5.83. The standard InChI is InChI=1S/C15H25NO2/c1-5-12(3)18-11-15(16-6-2)13-8-7-9-14(10-13)17-4/h7-10,12,15-16H,5-6,11H2,1-4H3. The Kier molecular flexibility index (Phi) is 6.76. The molecule has 1 aromatic rings. The summed E-state index contributed by atoms with van der Waals surface area (Å²) >= 11 is 0. The Morgan fingerprint density at radius 2 is 2.06 bits per heavy atom. The summed E-state index contributed by atoms with van der Waals surface area (Å²) in [6.45, 7) is 7.96. The highest BCUT2D eigenvalue weighted by Gasteiger charge is 2.12. The zero-order valence-electron chi connectivity index (χ0n) is 11.9. The minimum atomic E-state index is 0.221. The average Bonchev–Trinajstić information content (AvgIpc) is 2.43. The fourth-order valence-electron chi connectivity index (χ4n) is 1.76. The predicted molar refractivity (Wildman–Crippen MR) is 75.1 cm³/mol.